The number of aromatic nitrogens is 1. The number of hydrogen-bond donors (Lipinski definition) is 3. The lowest BCUT2D eigenvalue weighted by molar-refractivity contribution is -0.134. The number of carbonyl (C=O) groups is 4. The van der Waals surface area contributed by atoms with Gasteiger partial charge in [-0.1, -0.05) is 36.5 Å². The van der Waals surface area contributed by atoms with Crippen LogP contribution >= 0.6 is 11.3 Å². The molecule has 0 aliphatic carbocycles. The Kier molecular flexibility index (Phi) is 12.0. The van der Waals surface area contributed by atoms with Gasteiger partial charge in [-0.3, -0.25) is 19.2 Å². The molecule has 0 unspecified atom stereocenters. The summed E-state index contributed by atoms with van der Waals surface area (Å²) in [6.07, 6.45) is 8.65. The monoisotopic (exact) mass is 548 g/mol. The van der Waals surface area contributed by atoms with Crippen LogP contribution in [0.25, 0.3) is 0 Å². The van der Waals surface area contributed by atoms with Crippen LogP contribution in [0.5, 0.6) is 0 Å². The number of carbonyl (C=O) groups excluding carboxylic acids is 4. The molecule has 3 amide bonds. The Morgan fingerprint density at radius 3 is 2.18 bits per heavy atom. The number of nitrogens with one attached hydrogen (secondary N) is 3. The molecule has 1 saturated heterocycles. The van der Waals surface area contributed by atoms with Crippen LogP contribution in [0.15, 0.2) is 42.7 Å². The summed E-state index contributed by atoms with van der Waals surface area (Å²) in [6.45, 7) is 8.87. The van der Waals surface area contributed by atoms with Crippen LogP contribution in [0.3, 0.4) is 0 Å². The number of aryl methyl sites for hydroxylation is 1. The predicted molar refractivity (Wildman–Crippen MR) is 143 cm³/mol. The van der Waals surface area contributed by atoms with Crippen molar-refractivity contribution in [1.82, 2.24) is 20.9 Å². The van der Waals surface area contributed by atoms with Gasteiger partial charge in [0.2, 0.25) is 11.8 Å². The number of epoxide rings is 1. The molecule has 11 nitrogen and oxygen atoms in total. The Hall–Kier alpha value is -3.19. The van der Waals surface area contributed by atoms with Crippen molar-refractivity contribution in [3.05, 3.63) is 52.5 Å². The Bertz CT molecular complexity index is 1080. The third-order valence-electron chi connectivity index (χ3n) is 5.65. The van der Waals surface area contributed by atoms with E-state index in [-0.39, 0.29) is 32.0 Å². The van der Waals surface area contributed by atoms with E-state index in [1.807, 2.05) is 13.0 Å². The lowest BCUT2D eigenvalue weighted by Crippen LogP contribution is -2.58. The number of thiazole rings is 1. The largest absolute Gasteiger partial charge is 0.382 e. The smallest absolute Gasteiger partial charge is 0.263 e. The van der Waals surface area contributed by atoms with Crippen molar-refractivity contribution < 1.29 is 33.4 Å². The number of rotatable bonds is 16. The molecule has 1 fully saturated rings. The normalized spacial score (nSPS) is 19.3. The Balaban J connectivity index is 2.14. The number of nitrogens with zero attached hydrogens (tertiary/aromatic N) is 1. The molecule has 0 saturated carbocycles. The summed E-state index contributed by atoms with van der Waals surface area (Å²) in [5.41, 5.74) is -0.114. The van der Waals surface area contributed by atoms with Gasteiger partial charge in [0.25, 0.3) is 5.91 Å². The highest BCUT2D eigenvalue weighted by molar-refractivity contribution is 7.13. The highest BCUT2D eigenvalue weighted by atomic mass is 32.1. The topological polar surface area (TPSA) is 148 Å². The van der Waals surface area contributed by atoms with E-state index in [0.717, 1.165) is 5.57 Å². The SMILES string of the molecule is C=C/C=C\C=C(/C)C[C@H](NC(=O)[C@H](COC)NC(=O)[C@H](COC)NC(=O)c1cnc(C)s1)C(=O)[C@@]1(C)CO1. The third kappa shape index (κ3) is 9.28. The maximum Gasteiger partial charge on any atom is 0.263 e. The standard InChI is InChI=1S/C26H36N4O7S/c1-7-8-9-10-16(2)11-18(22(31)26(4)15-37-26)28-23(32)19(13-35-5)29-24(33)20(14-36-6)30-25(34)21-12-27-17(3)38-21/h7-10,12,18-20H,1,11,13-15H2,2-6H3,(H,28,32)(H,29,33)(H,30,34)/b9-8-,16-10+/t18-,19-,20-,26+/m0/s1. The van der Waals surface area contributed by atoms with Crippen LogP contribution < -0.4 is 16.0 Å². The molecule has 2 heterocycles. The number of ether oxygens (including phenoxy) is 3. The van der Waals surface area contributed by atoms with Gasteiger partial charge in [0.05, 0.1) is 37.1 Å². The van der Waals surface area contributed by atoms with E-state index >= 15 is 0 Å². The minimum Gasteiger partial charge on any atom is -0.382 e. The van der Waals surface area contributed by atoms with Crippen LogP contribution in [0.2, 0.25) is 0 Å². The minimum absolute atomic E-state index is 0.129. The number of ketones is 1. The molecule has 1 aromatic rings. The van der Waals surface area contributed by atoms with Gasteiger partial charge in [-0.25, -0.2) is 4.98 Å². The molecule has 0 spiro atoms. The average molecular weight is 549 g/mol. The molecule has 1 aromatic heterocycles. The highest BCUT2D eigenvalue weighted by Crippen LogP contribution is 2.29. The van der Waals surface area contributed by atoms with Crippen LogP contribution in [0.1, 0.15) is 34.9 Å². The molecule has 208 valence electrons. The number of amides is 3. The zero-order valence-corrected chi connectivity index (χ0v) is 23.2. The van der Waals surface area contributed by atoms with Gasteiger partial charge in [-0.15, -0.1) is 11.3 Å². The van der Waals surface area contributed by atoms with Gasteiger partial charge in [-0.2, -0.15) is 0 Å². The van der Waals surface area contributed by atoms with Crippen LogP contribution in [0, 0.1) is 6.92 Å². The maximum absolute atomic E-state index is 13.2. The predicted octanol–water partition coefficient (Wildman–Crippen LogP) is 1.25. The van der Waals surface area contributed by atoms with Crippen molar-refractivity contribution in [2.75, 3.05) is 34.0 Å². The van der Waals surface area contributed by atoms with Gasteiger partial charge in [0.1, 0.15) is 22.6 Å². The first-order valence-electron chi connectivity index (χ1n) is 12.0. The van der Waals surface area contributed by atoms with Crippen molar-refractivity contribution in [2.24, 2.45) is 0 Å². The second-order valence-corrected chi connectivity index (χ2v) is 10.3. The second kappa shape index (κ2) is 14.7. The summed E-state index contributed by atoms with van der Waals surface area (Å²) < 4.78 is 15.6. The van der Waals surface area contributed by atoms with Gasteiger partial charge in [0, 0.05) is 14.2 Å². The number of hydrogen-bond acceptors (Lipinski definition) is 9. The van der Waals surface area contributed by atoms with Crippen LogP contribution in [-0.2, 0) is 28.6 Å². The van der Waals surface area contributed by atoms with E-state index in [2.05, 4.69) is 27.5 Å². The van der Waals surface area contributed by atoms with Crippen molar-refractivity contribution in [1.29, 1.82) is 0 Å². The third-order valence-corrected chi connectivity index (χ3v) is 6.56. The number of methoxy groups -OCH3 is 2. The van der Waals surface area contributed by atoms with E-state index in [1.165, 1.54) is 31.8 Å². The van der Waals surface area contributed by atoms with E-state index in [0.29, 0.717) is 9.88 Å². The van der Waals surface area contributed by atoms with Gasteiger partial charge >= 0.3 is 0 Å². The molecular formula is C26H36N4O7S. The van der Waals surface area contributed by atoms with Gasteiger partial charge in [-0.05, 0) is 27.2 Å². The van der Waals surface area contributed by atoms with Crippen LogP contribution in [0.4, 0.5) is 0 Å². The Labute approximate surface area is 226 Å². The van der Waals surface area contributed by atoms with E-state index in [4.69, 9.17) is 14.2 Å². The quantitative estimate of drug-likeness (QED) is 0.207. The Morgan fingerprint density at radius 2 is 1.68 bits per heavy atom. The summed E-state index contributed by atoms with van der Waals surface area (Å²) in [5, 5.41) is 8.64. The fraction of sp³-hybridized carbons (Fsp3) is 0.500. The van der Waals surface area contributed by atoms with Crippen molar-refractivity contribution in [3.63, 3.8) is 0 Å². The number of allylic oxidation sites excluding steroid dienone is 4. The fourth-order valence-electron chi connectivity index (χ4n) is 3.46. The molecule has 4 atom stereocenters. The van der Waals surface area contributed by atoms with Crippen molar-refractivity contribution >= 4 is 34.8 Å². The second-order valence-electron chi connectivity index (χ2n) is 9.02. The average Bonchev–Trinajstić information content (AvgIpc) is 3.48. The molecule has 0 radical (unpaired) electrons. The summed E-state index contributed by atoms with van der Waals surface area (Å²) in [4.78, 5) is 56.3. The molecule has 1 aliphatic rings. The zero-order chi connectivity index (χ0) is 28.3. The van der Waals surface area contributed by atoms with E-state index in [9.17, 15) is 19.2 Å². The van der Waals surface area contributed by atoms with E-state index < -0.39 is 41.4 Å². The summed E-state index contributed by atoms with van der Waals surface area (Å²) >= 11 is 1.19. The van der Waals surface area contributed by atoms with Crippen molar-refractivity contribution in [3.8, 4) is 0 Å². The lowest BCUT2D eigenvalue weighted by atomic mass is 9.94. The molecule has 1 aliphatic heterocycles. The summed E-state index contributed by atoms with van der Waals surface area (Å²) in [5.74, 6) is -2.02. The minimum atomic E-state index is -1.14. The molecular weight excluding hydrogens is 512 g/mol. The Morgan fingerprint density at radius 1 is 1.11 bits per heavy atom. The van der Waals surface area contributed by atoms with Gasteiger partial charge < -0.3 is 30.2 Å². The highest BCUT2D eigenvalue weighted by Gasteiger charge is 2.50. The summed E-state index contributed by atoms with van der Waals surface area (Å²) in [7, 11) is 2.77. The van der Waals surface area contributed by atoms with Crippen molar-refractivity contribution in [2.45, 2.75) is 50.9 Å². The van der Waals surface area contributed by atoms with E-state index in [1.54, 1.807) is 32.1 Å². The summed E-state index contributed by atoms with van der Waals surface area (Å²) in [6, 6.07) is -3.11. The first-order chi connectivity index (χ1) is 18.0. The molecule has 0 aromatic carbocycles. The van der Waals surface area contributed by atoms with Gasteiger partial charge in [0.15, 0.2) is 5.78 Å². The van der Waals surface area contributed by atoms with Crippen LogP contribution in [-0.4, -0.2) is 86.3 Å². The zero-order valence-electron chi connectivity index (χ0n) is 22.4. The molecule has 3 N–H and O–H groups in total. The molecule has 38 heavy (non-hydrogen) atoms. The lowest BCUT2D eigenvalue weighted by Gasteiger charge is -2.25. The first-order valence-corrected chi connectivity index (χ1v) is 12.8. The maximum atomic E-state index is 13.2. The number of Topliss-reactive ketones (excluding diaryl/α,β-unsaturated/α-hetero) is 1. The first kappa shape index (κ1) is 31.0. The molecule has 12 heteroatoms. The molecule has 0 bridgehead atoms. The fourth-order valence-corrected chi connectivity index (χ4v) is 4.14. The molecule has 2 rings (SSSR count).